The highest BCUT2D eigenvalue weighted by atomic mass is 19.1. The molecule has 0 saturated carbocycles. The number of hydrogen-bond donors (Lipinski definition) is 1. The molecule has 144 valence electrons. The Kier molecular flexibility index (Phi) is 4.29. The summed E-state index contributed by atoms with van der Waals surface area (Å²) in [7, 11) is 0. The van der Waals surface area contributed by atoms with Gasteiger partial charge in [-0.05, 0) is 53.2 Å². The maximum atomic E-state index is 14.2. The molecule has 8 nitrogen and oxygen atoms in total. The van der Waals surface area contributed by atoms with Gasteiger partial charge in [0.1, 0.15) is 11.5 Å². The van der Waals surface area contributed by atoms with E-state index in [1.165, 1.54) is 22.9 Å². The van der Waals surface area contributed by atoms with Crippen molar-refractivity contribution in [2.75, 3.05) is 11.9 Å². The SMILES string of the molecule is Cc1nnnn1-c1cc(NC(=O)N2CC(C)(C)C2c2ccncc2)ccc1F. The van der Waals surface area contributed by atoms with Gasteiger partial charge in [0.25, 0.3) is 0 Å². The zero-order valence-electron chi connectivity index (χ0n) is 15.8. The van der Waals surface area contributed by atoms with Crippen LogP contribution < -0.4 is 5.32 Å². The van der Waals surface area contributed by atoms with E-state index in [1.807, 2.05) is 12.1 Å². The topological polar surface area (TPSA) is 88.8 Å². The molecule has 1 aliphatic rings. The highest BCUT2D eigenvalue weighted by Gasteiger charge is 2.48. The number of halogens is 1. The molecule has 1 N–H and O–H groups in total. The van der Waals surface area contributed by atoms with Gasteiger partial charge in [-0.15, -0.1) is 5.10 Å². The van der Waals surface area contributed by atoms with Gasteiger partial charge >= 0.3 is 6.03 Å². The molecule has 28 heavy (non-hydrogen) atoms. The number of aromatic nitrogens is 5. The van der Waals surface area contributed by atoms with E-state index in [1.54, 1.807) is 24.2 Å². The number of anilines is 1. The highest BCUT2D eigenvalue weighted by Crippen LogP contribution is 2.48. The lowest BCUT2D eigenvalue weighted by Gasteiger charge is -2.54. The number of likely N-dealkylation sites (tertiary alicyclic amines) is 1. The first-order valence-corrected chi connectivity index (χ1v) is 8.89. The third kappa shape index (κ3) is 3.08. The quantitative estimate of drug-likeness (QED) is 0.753. The van der Waals surface area contributed by atoms with Gasteiger partial charge in [0, 0.05) is 30.0 Å². The van der Waals surface area contributed by atoms with E-state index in [9.17, 15) is 9.18 Å². The first-order valence-electron chi connectivity index (χ1n) is 8.89. The molecule has 0 aliphatic carbocycles. The fourth-order valence-electron chi connectivity index (χ4n) is 3.69. The van der Waals surface area contributed by atoms with E-state index in [0.29, 0.717) is 18.1 Å². The number of carbonyl (C=O) groups is 1. The molecule has 0 spiro atoms. The van der Waals surface area contributed by atoms with Crippen LogP contribution in [-0.2, 0) is 0 Å². The minimum atomic E-state index is -0.479. The molecule has 1 fully saturated rings. The summed E-state index contributed by atoms with van der Waals surface area (Å²) in [5.41, 5.74) is 1.63. The Hall–Kier alpha value is -3.36. The number of nitrogens with zero attached hydrogens (tertiary/aromatic N) is 6. The van der Waals surface area contributed by atoms with Crippen LogP contribution in [0.25, 0.3) is 5.69 Å². The van der Waals surface area contributed by atoms with E-state index < -0.39 is 5.82 Å². The van der Waals surface area contributed by atoms with Crippen molar-refractivity contribution in [1.29, 1.82) is 0 Å². The third-order valence-corrected chi connectivity index (χ3v) is 4.96. The van der Waals surface area contributed by atoms with Gasteiger partial charge in [-0.2, -0.15) is 4.68 Å². The summed E-state index contributed by atoms with van der Waals surface area (Å²) >= 11 is 0. The van der Waals surface area contributed by atoms with Gasteiger partial charge in [-0.1, -0.05) is 13.8 Å². The average molecular weight is 381 g/mol. The van der Waals surface area contributed by atoms with E-state index in [2.05, 4.69) is 39.7 Å². The number of hydrogen-bond acceptors (Lipinski definition) is 5. The minimum absolute atomic E-state index is 0.0455. The smallest absolute Gasteiger partial charge is 0.316 e. The molecule has 2 aromatic heterocycles. The molecule has 2 amide bonds. The minimum Gasteiger partial charge on any atom is -0.316 e. The van der Waals surface area contributed by atoms with E-state index in [0.717, 1.165) is 5.56 Å². The maximum absolute atomic E-state index is 14.2. The Morgan fingerprint density at radius 3 is 2.64 bits per heavy atom. The number of amides is 2. The highest BCUT2D eigenvalue weighted by molar-refractivity contribution is 5.90. The zero-order valence-corrected chi connectivity index (χ0v) is 15.8. The van der Waals surface area contributed by atoms with Gasteiger partial charge in [-0.3, -0.25) is 4.98 Å². The number of carbonyl (C=O) groups excluding carboxylic acids is 1. The Morgan fingerprint density at radius 2 is 2.00 bits per heavy atom. The number of rotatable bonds is 3. The summed E-state index contributed by atoms with van der Waals surface area (Å²) in [4.78, 5) is 18.7. The number of urea groups is 1. The van der Waals surface area contributed by atoms with Crippen molar-refractivity contribution in [3.8, 4) is 5.69 Å². The second kappa shape index (κ2) is 6.66. The number of nitrogens with one attached hydrogen (secondary N) is 1. The van der Waals surface area contributed by atoms with Crippen molar-refractivity contribution >= 4 is 11.7 Å². The molecule has 1 unspecified atom stereocenters. The number of aryl methyl sites for hydroxylation is 1. The lowest BCUT2D eigenvalue weighted by Crippen LogP contribution is -2.59. The molecular formula is C19H20FN7O. The molecule has 3 heterocycles. The van der Waals surface area contributed by atoms with E-state index in [-0.39, 0.29) is 23.2 Å². The van der Waals surface area contributed by atoms with Crippen LogP contribution in [0.5, 0.6) is 0 Å². The average Bonchev–Trinajstić information content (AvgIpc) is 3.08. The molecule has 0 radical (unpaired) electrons. The molecule has 9 heteroatoms. The van der Waals surface area contributed by atoms with Gasteiger partial charge in [0.2, 0.25) is 0 Å². The standard InChI is InChI=1S/C19H20FN7O/c1-12-23-24-25-27(12)16-10-14(4-5-15(16)20)22-18(28)26-11-19(2,3)17(26)13-6-8-21-9-7-13/h4-10,17H,11H2,1-3H3,(H,22,28). The van der Waals surface area contributed by atoms with Gasteiger partial charge in [0.15, 0.2) is 5.82 Å². The van der Waals surface area contributed by atoms with Crippen molar-refractivity contribution in [2.24, 2.45) is 5.41 Å². The van der Waals surface area contributed by atoms with Crippen molar-refractivity contribution in [3.63, 3.8) is 0 Å². The summed E-state index contributed by atoms with van der Waals surface area (Å²) in [5.74, 6) is -0.0298. The third-order valence-electron chi connectivity index (χ3n) is 4.96. The van der Waals surface area contributed by atoms with Crippen LogP contribution in [0.3, 0.4) is 0 Å². The molecule has 1 aromatic carbocycles. The van der Waals surface area contributed by atoms with Crippen molar-refractivity contribution in [1.82, 2.24) is 30.1 Å². The van der Waals surface area contributed by atoms with Gasteiger partial charge in [-0.25, -0.2) is 9.18 Å². The summed E-state index contributed by atoms with van der Waals surface area (Å²) in [6.45, 7) is 6.54. The van der Waals surface area contributed by atoms with Crippen LogP contribution in [0, 0.1) is 18.2 Å². The molecule has 1 atom stereocenters. The molecule has 3 aromatic rings. The molecular weight excluding hydrogens is 361 g/mol. The first kappa shape index (κ1) is 18.0. The van der Waals surface area contributed by atoms with Crippen LogP contribution in [0.15, 0.2) is 42.7 Å². The van der Waals surface area contributed by atoms with Crippen molar-refractivity contribution < 1.29 is 9.18 Å². The first-order chi connectivity index (χ1) is 13.4. The summed E-state index contributed by atoms with van der Waals surface area (Å²) in [6, 6.07) is 7.85. The Morgan fingerprint density at radius 1 is 1.25 bits per heavy atom. The van der Waals surface area contributed by atoms with Crippen LogP contribution >= 0.6 is 0 Å². The van der Waals surface area contributed by atoms with Gasteiger partial charge < -0.3 is 10.2 Å². The molecule has 1 saturated heterocycles. The fraction of sp³-hybridized carbons (Fsp3) is 0.316. The van der Waals surface area contributed by atoms with E-state index >= 15 is 0 Å². The lowest BCUT2D eigenvalue weighted by atomic mass is 9.72. The molecule has 0 bridgehead atoms. The maximum Gasteiger partial charge on any atom is 0.322 e. The van der Waals surface area contributed by atoms with E-state index in [4.69, 9.17) is 0 Å². The largest absolute Gasteiger partial charge is 0.322 e. The number of benzene rings is 1. The van der Waals surface area contributed by atoms with Crippen LogP contribution in [0.1, 0.15) is 31.3 Å². The normalized spacial score (nSPS) is 17.9. The Labute approximate surface area is 161 Å². The number of tetrazole rings is 1. The lowest BCUT2D eigenvalue weighted by molar-refractivity contribution is -0.0115. The number of pyridine rings is 1. The summed E-state index contributed by atoms with van der Waals surface area (Å²) in [5, 5.41) is 13.9. The molecule has 1 aliphatic heterocycles. The van der Waals surface area contributed by atoms with Crippen molar-refractivity contribution in [2.45, 2.75) is 26.8 Å². The second-order valence-electron chi connectivity index (χ2n) is 7.53. The summed E-state index contributed by atoms with van der Waals surface area (Å²) in [6.07, 6.45) is 3.45. The monoisotopic (exact) mass is 381 g/mol. The predicted octanol–water partition coefficient (Wildman–Crippen LogP) is 3.12. The van der Waals surface area contributed by atoms with Crippen LogP contribution in [0.4, 0.5) is 14.9 Å². The van der Waals surface area contributed by atoms with Gasteiger partial charge in [0.05, 0.1) is 6.04 Å². The molecule has 4 rings (SSSR count). The second-order valence-corrected chi connectivity index (χ2v) is 7.53. The van der Waals surface area contributed by atoms with Crippen molar-refractivity contribution in [3.05, 3.63) is 59.9 Å². The Bertz CT molecular complexity index is 1020. The summed E-state index contributed by atoms with van der Waals surface area (Å²) < 4.78 is 15.5. The predicted molar refractivity (Wildman–Crippen MR) is 100 cm³/mol. The van der Waals surface area contributed by atoms with Crippen LogP contribution in [0.2, 0.25) is 0 Å². The fourth-order valence-corrected chi connectivity index (χ4v) is 3.69. The Balaban J connectivity index is 1.57. The zero-order chi connectivity index (χ0) is 19.9. The van der Waals surface area contributed by atoms with Crippen LogP contribution in [-0.4, -0.2) is 42.7 Å².